The minimum Gasteiger partial charge on any atom is -0.492 e. The van der Waals surface area contributed by atoms with Crippen molar-refractivity contribution in [2.75, 3.05) is 32.8 Å². The summed E-state index contributed by atoms with van der Waals surface area (Å²) in [4.78, 5) is 11.0. The maximum Gasteiger partial charge on any atom is 0.188 e. The van der Waals surface area contributed by atoms with E-state index in [4.69, 9.17) is 10.5 Å². The van der Waals surface area contributed by atoms with Crippen LogP contribution in [0.1, 0.15) is 25.1 Å². The highest BCUT2D eigenvalue weighted by atomic mass is 127. The second-order valence-corrected chi connectivity index (χ2v) is 6.22. The van der Waals surface area contributed by atoms with E-state index in [0.29, 0.717) is 25.7 Å². The van der Waals surface area contributed by atoms with Crippen LogP contribution in [-0.2, 0) is 13.0 Å². The van der Waals surface area contributed by atoms with E-state index in [9.17, 15) is 0 Å². The Kier molecular flexibility index (Phi) is 12.2. The lowest BCUT2D eigenvalue weighted by Crippen LogP contribution is -2.33. The summed E-state index contributed by atoms with van der Waals surface area (Å²) in [7, 11) is 0. The Bertz CT molecular complexity index is 675. The largest absolute Gasteiger partial charge is 0.492 e. The number of benzene rings is 1. The molecule has 1 aromatic heterocycles. The molecule has 0 spiro atoms. The van der Waals surface area contributed by atoms with E-state index >= 15 is 0 Å². The molecule has 1 heterocycles. The second-order valence-electron chi connectivity index (χ2n) is 6.22. The monoisotopic (exact) mass is 497 g/mol. The average molecular weight is 497 g/mol. The molecule has 28 heavy (non-hydrogen) atoms. The van der Waals surface area contributed by atoms with Crippen LogP contribution in [0.2, 0.25) is 0 Å². The second kappa shape index (κ2) is 14.2. The van der Waals surface area contributed by atoms with Crippen molar-refractivity contribution in [1.29, 1.82) is 0 Å². The van der Waals surface area contributed by atoms with Crippen molar-refractivity contribution in [2.24, 2.45) is 10.7 Å². The normalized spacial score (nSPS) is 11.2. The lowest BCUT2D eigenvalue weighted by atomic mass is 10.2. The van der Waals surface area contributed by atoms with Crippen molar-refractivity contribution in [3.8, 4) is 5.75 Å². The van der Waals surface area contributed by atoms with Gasteiger partial charge in [0, 0.05) is 31.4 Å². The fourth-order valence-electron chi connectivity index (χ4n) is 2.62. The Labute approximate surface area is 185 Å². The van der Waals surface area contributed by atoms with Crippen LogP contribution in [0.15, 0.2) is 53.7 Å². The summed E-state index contributed by atoms with van der Waals surface area (Å²) in [6.45, 7) is 9.33. The Morgan fingerprint density at radius 2 is 1.89 bits per heavy atom. The van der Waals surface area contributed by atoms with Gasteiger partial charge in [-0.15, -0.1) is 24.0 Å². The molecule has 0 unspecified atom stereocenters. The number of nitrogens with two attached hydrogens (primary N) is 1. The van der Waals surface area contributed by atoms with Crippen LogP contribution in [0, 0.1) is 0 Å². The first kappa shape index (κ1) is 24.2. The molecule has 0 aliphatic carbocycles. The lowest BCUT2D eigenvalue weighted by molar-refractivity contribution is 0.223. The minimum absolute atomic E-state index is 0. The smallest absolute Gasteiger partial charge is 0.188 e. The van der Waals surface area contributed by atoms with Crippen molar-refractivity contribution in [3.05, 3.63) is 59.9 Å². The first-order valence-electron chi connectivity index (χ1n) is 9.59. The van der Waals surface area contributed by atoms with Crippen molar-refractivity contribution in [1.82, 2.24) is 15.2 Å². The van der Waals surface area contributed by atoms with Gasteiger partial charge >= 0.3 is 0 Å². The Balaban J connectivity index is 0.00000392. The summed E-state index contributed by atoms with van der Waals surface area (Å²) < 4.78 is 5.80. The van der Waals surface area contributed by atoms with Crippen LogP contribution < -0.4 is 15.8 Å². The SMILES string of the molecule is CCN(CC)CCOc1ccc(CN=C(N)NCCc2ccccn2)cc1.I. The minimum atomic E-state index is 0. The predicted molar refractivity (Wildman–Crippen MR) is 126 cm³/mol. The van der Waals surface area contributed by atoms with Gasteiger partial charge in [0.2, 0.25) is 0 Å². The fourth-order valence-corrected chi connectivity index (χ4v) is 2.62. The van der Waals surface area contributed by atoms with E-state index in [0.717, 1.165) is 43.1 Å². The van der Waals surface area contributed by atoms with Gasteiger partial charge in [0.15, 0.2) is 5.96 Å². The molecule has 0 radical (unpaired) electrons. The molecule has 2 rings (SSSR count). The number of guanidine groups is 1. The molecule has 0 amide bonds. The van der Waals surface area contributed by atoms with Crippen molar-refractivity contribution in [2.45, 2.75) is 26.8 Å². The predicted octanol–water partition coefficient (Wildman–Crippen LogP) is 3.07. The van der Waals surface area contributed by atoms with E-state index in [1.54, 1.807) is 6.20 Å². The van der Waals surface area contributed by atoms with E-state index in [1.165, 1.54) is 0 Å². The van der Waals surface area contributed by atoms with Crippen LogP contribution in [0.5, 0.6) is 5.75 Å². The van der Waals surface area contributed by atoms with Crippen LogP contribution in [0.4, 0.5) is 0 Å². The molecule has 0 fully saturated rings. The van der Waals surface area contributed by atoms with E-state index in [2.05, 4.69) is 34.0 Å². The van der Waals surface area contributed by atoms with E-state index < -0.39 is 0 Å². The van der Waals surface area contributed by atoms with Crippen LogP contribution in [0.25, 0.3) is 0 Å². The summed E-state index contributed by atoms with van der Waals surface area (Å²) in [6, 6.07) is 13.9. The lowest BCUT2D eigenvalue weighted by Gasteiger charge is -2.18. The van der Waals surface area contributed by atoms with Gasteiger partial charge in [-0.3, -0.25) is 4.98 Å². The number of likely N-dealkylation sites (N-methyl/N-ethyl adjacent to an activating group) is 1. The summed E-state index contributed by atoms with van der Waals surface area (Å²) >= 11 is 0. The third kappa shape index (κ3) is 9.36. The Morgan fingerprint density at radius 3 is 2.54 bits per heavy atom. The maximum absolute atomic E-state index is 5.93. The van der Waals surface area contributed by atoms with Crippen molar-refractivity contribution in [3.63, 3.8) is 0 Å². The first-order valence-corrected chi connectivity index (χ1v) is 9.59. The van der Waals surface area contributed by atoms with E-state index in [1.807, 2.05) is 42.5 Å². The maximum atomic E-state index is 5.93. The Morgan fingerprint density at radius 1 is 1.14 bits per heavy atom. The molecule has 0 saturated carbocycles. The third-order valence-electron chi connectivity index (χ3n) is 4.34. The van der Waals surface area contributed by atoms with Gasteiger partial charge in [-0.05, 0) is 42.9 Å². The zero-order chi connectivity index (χ0) is 19.3. The highest BCUT2D eigenvalue weighted by Gasteiger charge is 2.00. The number of nitrogens with one attached hydrogen (secondary N) is 1. The van der Waals surface area contributed by atoms with Gasteiger partial charge in [-0.1, -0.05) is 32.0 Å². The zero-order valence-electron chi connectivity index (χ0n) is 16.8. The van der Waals surface area contributed by atoms with Gasteiger partial charge in [0.25, 0.3) is 0 Å². The zero-order valence-corrected chi connectivity index (χ0v) is 19.1. The summed E-state index contributed by atoms with van der Waals surface area (Å²) in [5.74, 6) is 1.34. The molecule has 3 N–H and O–H groups in total. The van der Waals surface area contributed by atoms with Crippen molar-refractivity contribution < 1.29 is 4.74 Å². The number of hydrogen-bond acceptors (Lipinski definition) is 4. The number of halogens is 1. The number of nitrogens with zero attached hydrogens (tertiary/aromatic N) is 3. The molecule has 154 valence electrons. The van der Waals surface area contributed by atoms with Gasteiger partial charge in [-0.25, -0.2) is 4.99 Å². The number of ether oxygens (including phenoxy) is 1. The van der Waals surface area contributed by atoms with Crippen LogP contribution >= 0.6 is 24.0 Å². The molecule has 0 bridgehead atoms. The molecule has 2 aromatic rings. The molecular weight excluding hydrogens is 465 g/mol. The quantitative estimate of drug-likeness (QED) is 0.284. The van der Waals surface area contributed by atoms with Gasteiger partial charge < -0.3 is 20.7 Å². The van der Waals surface area contributed by atoms with Crippen LogP contribution in [-0.4, -0.2) is 48.6 Å². The highest BCUT2D eigenvalue weighted by Crippen LogP contribution is 2.12. The summed E-state index contributed by atoms with van der Waals surface area (Å²) in [5, 5.41) is 3.12. The number of pyridine rings is 1. The molecule has 6 nitrogen and oxygen atoms in total. The van der Waals surface area contributed by atoms with Crippen LogP contribution in [0.3, 0.4) is 0 Å². The van der Waals surface area contributed by atoms with Gasteiger partial charge in [-0.2, -0.15) is 0 Å². The molecule has 0 atom stereocenters. The van der Waals surface area contributed by atoms with Gasteiger partial charge in [0.1, 0.15) is 12.4 Å². The molecule has 7 heteroatoms. The number of rotatable bonds is 11. The molecular formula is C21H32IN5O. The fraction of sp³-hybridized carbons (Fsp3) is 0.429. The molecule has 0 aliphatic heterocycles. The first-order chi connectivity index (χ1) is 13.2. The number of hydrogen-bond donors (Lipinski definition) is 2. The average Bonchev–Trinajstić information content (AvgIpc) is 2.71. The molecule has 0 saturated heterocycles. The van der Waals surface area contributed by atoms with E-state index in [-0.39, 0.29) is 24.0 Å². The van der Waals surface area contributed by atoms with Gasteiger partial charge in [0.05, 0.1) is 6.54 Å². The topological polar surface area (TPSA) is 75.8 Å². The number of aromatic nitrogens is 1. The highest BCUT2D eigenvalue weighted by molar-refractivity contribution is 14.0. The third-order valence-corrected chi connectivity index (χ3v) is 4.34. The standard InChI is InChI=1S/C21H31N5O.HI/c1-3-26(4-2)15-16-27-20-10-8-18(9-11-20)17-25-21(22)24-14-12-19-7-5-6-13-23-19;/h5-11,13H,3-4,12,14-17H2,1-2H3,(H3,22,24,25);1H. The molecule has 0 aliphatic rings. The Hall–Kier alpha value is -1.87. The summed E-state index contributed by atoms with van der Waals surface area (Å²) in [6.07, 6.45) is 2.61. The molecule has 1 aromatic carbocycles. The summed E-state index contributed by atoms with van der Waals surface area (Å²) in [5.41, 5.74) is 8.06. The number of aliphatic imine (C=N–C) groups is 1. The van der Waals surface area contributed by atoms with Crippen molar-refractivity contribution >= 4 is 29.9 Å².